The van der Waals surface area contributed by atoms with Crippen molar-refractivity contribution in [1.29, 1.82) is 0 Å². The highest BCUT2D eigenvalue weighted by molar-refractivity contribution is 5.72. The van der Waals surface area contributed by atoms with Gasteiger partial charge in [0.25, 0.3) is 0 Å². The number of hydrogen-bond acceptors (Lipinski definition) is 4. The maximum absolute atomic E-state index is 13.2. The molecule has 0 unspecified atom stereocenters. The minimum atomic E-state index is -0.353. The molecule has 1 aromatic heterocycles. The van der Waals surface area contributed by atoms with E-state index in [0.717, 1.165) is 0 Å². The third-order valence-corrected chi connectivity index (χ3v) is 2.10. The Kier molecular flexibility index (Phi) is 2.39. The summed E-state index contributed by atoms with van der Waals surface area (Å²) in [6.45, 7) is 0.274. The zero-order valence-electron chi connectivity index (χ0n) is 7.90. The first kappa shape index (κ1) is 9.67. The molecule has 4 nitrogen and oxygen atoms in total. The second-order valence-electron chi connectivity index (χ2n) is 3.17. The highest BCUT2D eigenvalue weighted by atomic mass is 19.1. The molecule has 0 amide bonds. The van der Waals surface area contributed by atoms with Gasteiger partial charge < -0.3 is 16.0 Å². The molecule has 0 bridgehead atoms. The van der Waals surface area contributed by atoms with Gasteiger partial charge in [0.05, 0.1) is 5.56 Å². The number of nitrogens with two attached hydrogens (primary N) is 2. The Labute approximate surface area is 85.7 Å². The van der Waals surface area contributed by atoms with Gasteiger partial charge in [-0.3, -0.25) is 0 Å². The van der Waals surface area contributed by atoms with Gasteiger partial charge in [-0.1, -0.05) is 5.16 Å². The molecule has 2 aromatic rings. The van der Waals surface area contributed by atoms with E-state index in [1.165, 1.54) is 18.4 Å². The Balaban J connectivity index is 2.53. The van der Waals surface area contributed by atoms with Gasteiger partial charge in [0.15, 0.2) is 5.82 Å². The van der Waals surface area contributed by atoms with E-state index in [9.17, 15) is 4.39 Å². The highest BCUT2D eigenvalue weighted by Gasteiger charge is 2.08. The SMILES string of the molecule is NCc1cc(F)cc(-c2conc2N)c1. The predicted octanol–water partition coefficient (Wildman–Crippen LogP) is 1.52. The van der Waals surface area contributed by atoms with Crippen LogP contribution in [0, 0.1) is 5.82 Å². The second-order valence-corrected chi connectivity index (χ2v) is 3.17. The number of benzene rings is 1. The van der Waals surface area contributed by atoms with Crippen LogP contribution in [-0.4, -0.2) is 5.16 Å². The zero-order chi connectivity index (χ0) is 10.8. The normalized spacial score (nSPS) is 10.5. The van der Waals surface area contributed by atoms with Gasteiger partial charge in [0.1, 0.15) is 12.1 Å². The van der Waals surface area contributed by atoms with Crippen LogP contribution in [0.1, 0.15) is 5.56 Å². The minimum absolute atomic E-state index is 0.239. The lowest BCUT2D eigenvalue weighted by Crippen LogP contribution is -1.97. The number of nitrogens with zero attached hydrogens (tertiary/aromatic N) is 1. The van der Waals surface area contributed by atoms with Crippen LogP contribution in [0.3, 0.4) is 0 Å². The van der Waals surface area contributed by atoms with E-state index >= 15 is 0 Å². The van der Waals surface area contributed by atoms with Gasteiger partial charge in [-0.05, 0) is 29.3 Å². The lowest BCUT2D eigenvalue weighted by molar-refractivity contribution is 0.423. The average Bonchev–Trinajstić information content (AvgIpc) is 2.63. The fraction of sp³-hybridized carbons (Fsp3) is 0.100. The number of halogens is 1. The molecule has 1 heterocycles. The smallest absolute Gasteiger partial charge is 0.174 e. The van der Waals surface area contributed by atoms with Gasteiger partial charge in [-0.2, -0.15) is 0 Å². The van der Waals surface area contributed by atoms with Gasteiger partial charge in [0, 0.05) is 6.54 Å². The van der Waals surface area contributed by atoms with Crippen LogP contribution in [0.4, 0.5) is 10.2 Å². The Morgan fingerprint density at radius 3 is 2.73 bits per heavy atom. The summed E-state index contributed by atoms with van der Waals surface area (Å²) in [7, 11) is 0. The molecule has 1 aromatic carbocycles. The van der Waals surface area contributed by atoms with Crippen LogP contribution in [0.2, 0.25) is 0 Å². The number of nitrogen functional groups attached to an aromatic ring is 1. The molecular weight excluding hydrogens is 197 g/mol. The molecule has 0 aliphatic rings. The van der Waals surface area contributed by atoms with Crippen LogP contribution >= 0.6 is 0 Å². The highest BCUT2D eigenvalue weighted by Crippen LogP contribution is 2.26. The summed E-state index contributed by atoms with van der Waals surface area (Å²) < 4.78 is 17.9. The van der Waals surface area contributed by atoms with Gasteiger partial charge >= 0.3 is 0 Å². The molecule has 0 atom stereocenters. The summed E-state index contributed by atoms with van der Waals surface area (Å²) >= 11 is 0. The third kappa shape index (κ3) is 1.82. The number of aromatic nitrogens is 1. The van der Waals surface area contributed by atoms with Crippen LogP contribution in [0.25, 0.3) is 11.1 Å². The summed E-state index contributed by atoms with van der Waals surface area (Å²) in [6, 6.07) is 4.50. The van der Waals surface area contributed by atoms with Crippen molar-refractivity contribution in [1.82, 2.24) is 5.16 Å². The Morgan fingerprint density at radius 2 is 2.13 bits per heavy atom. The molecular formula is C10H10FN3O. The van der Waals surface area contributed by atoms with E-state index in [4.69, 9.17) is 11.5 Å². The number of hydrogen-bond donors (Lipinski definition) is 2. The molecule has 15 heavy (non-hydrogen) atoms. The maximum Gasteiger partial charge on any atom is 0.174 e. The van der Waals surface area contributed by atoms with E-state index in [1.54, 1.807) is 6.07 Å². The van der Waals surface area contributed by atoms with Crippen molar-refractivity contribution in [3.05, 3.63) is 35.8 Å². The summed E-state index contributed by atoms with van der Waals surface area (Å²) in [5, 5.41) is 3.53. The van der Waals surface area contributed by atoms with Crippen LogP contribution in [-0.2, 0) is 6.54 Å². The van der Waals surface area contributed by atoms with Crippen molar-refractivity contribution in [3.8, 4) is 11.1 Å². The summed E-state index contributed by atoms with van der Waals surface area (Å²) in [4.78, 5) is 0. The fourth-order valence-electron chi connectivity index (χ4n) is 1.39. The maximum atomic E-state index is 13.2. The minimum Gasteiger partial charge on any atom is -0.380 e. The van der Waals surface area contributed by atoms with Crippen molar-refractivity contribution >= 4 is 5.82 Å². The van der Waals surface area contributed by atoms with Gasteiger partial charge in [-0.25, -0.2) is 4.39 Å². The first-order valence-electron chi connectivity index (χ1n) is 4.40. The molecule has 0 saturated carbocycles. The van der Waals surface area contributed by atoms with Crippen molar-refractivity contribution in [2.75, 3.05) is 5.73 Å². The molecule has 0 radical (unpaired) electrons. The monoisotopic (exact) mass is 207 g/mol. The van der Waals surface area contributed by atoms with E-state index in [0.29, 0.717) is 16.7 Å². The zero-order valence-corrected chi connectivity index (χ0v) is 7.90. The quantitative estimate of drug-likeness (QED) is 0.782. The molecule has 0 spiro atoms. The van der Waals surface area contributed by atoms with Crippen LogP contribution in [0.5, 0.6) is 0 Å². The van der Waals surface area contributed by atoms with Crippen molar-refractivity contribution in [3.63, 3.8) is 0 Å². The predicted molar refractivity (Wildman–Crippen MR) is 54.2 cm³/mol. The Bertz CT molecular complexity index is 481. The molecule has 5 heteroatoms. The molecule has 78 valence electrons. The average molecular weight is 207 g/mol. The van der Waals surface area contributed by atoms with E-state index < -0.39 is 0 Å². The summed E-state index contributed by atoms with van der Waals surface area (Å²) in [6.07, 6.45) is 1.38. The van der Waals surface area contributed by atoms with Crippen molar-refractivity contribution in [2.24, 2.45) is 5.73 Å². The van der Waals surface area contributed by atoms with Crippen LogP contribution in [0.15, 0.2) is 29.0 Å². The fourth-order valence-corrected chi connectivity index (χ4v) is 1.39. The lowest BCUT2D eigenvalue weighted by atomic mass is 10.1. The standard InChI is InChI=1S/C10H10FN3O/c11-8-2-6(4-12)1-7(3-8)9-5-15-14-10(9)13/h1-3,5H,4,12H2,(H2,13,14). The summed E-state index contributed by atoms with van der Waals surface area (Å²) in [5.74, 6) is -0.114. The Hall–Kier alpha value is -1.88. The van der Waals surface area contributed by atoms with Crippen LogP contribution < -0.4 is 11.5 Å². The largest absolute Gasteiger partial charge is 0.380 e. The molecule has 0 aliphatic carbocycles. The lowest BCUT2D eigenvalue weighted by Gasteiger charge is -2.02. The first-order chi connectivity index (χ1) is 7.20. The first-order valence-corrected chi connectivity index (χ1v) is 4.40. The van der Waals surface area contributed by atoms with Crippen molar-refractivity contribution in [2.45, 2.75) is 6.54 Å². The van der Waals surface area contributed by atoms with E-state index in [1.807, 2.05) is 0 Å². The molecule has 0 fully saturated rings. The topological polar surface area (TPSA) is 78.1 Å². The number of anilines is 1. The Morgan fingerprint density at radius 1 is 1.33 bits per heavy atom. The van der Waals surface area contributed by atoms with Crippen molar-refractivity contribution < 1.29 is 8.91 Å². The molecule has 2 rings (SSSR count). The second kappa shape index (κ2) is 3.70. The van der Waals surface area contributed by atoms with E-state index in [-0.39, 0.29) is 18.2 Å². The third-order valence-electron chi connectivity index (χ3n) is 2.10. The van der Waals surface area contributed by atoms with E-state index in [2.05, 4.69) is 9.68 Å². The molecule has 0 saturated heterocycles. The molecule has 0 aliphatic heterocycles. The van der Waals surface area contributed by atoms with Gasteiger partial charge in [-0.15, -0.1) is 0 Å². The number of rotatable bonds is 2. The summed E-state index contributed by atoms with van der Waals surface area (Å²) in [5.41, 5.74) is 12.9. The van der Waals surface area contributed by atoms with Gasteiger partial charge in [0.2, 0.25) is 0 Å². The molecule has 4 N–H and O–H groups in total.